The number of benzene rings is 1. The van der Waals surface area contributed by atoms with Crippen molar-refractivity contribution in [2.45, 2.75) is 38.6 Å². The molecule has 0 bridgehead atoms. The van der Waals surface area contributed by atoms with Gasteiger partial charge in [0.05, 0.1) is 18.2 Å². The topological polar surface area (TPSA) is 38.0 Å². The van der Waals surface area contributed by atoms with Crippen LogP contribution in [0.5, 0.6) is 0 Å². The van der Waals surface area contributed by atoms with Crippen molar-refractivity contribution >= 4 is 0 Å². The first kappa shape index (κ1) is 15.6. The Hall–Kier alpha value is -1.82. The Morgan fingerprint density at radius 3 is 2.48 bits per heavy atom. The predicted octanol–water partition coefficient (Wildman–Crippen LogP) is 3.59. The van der Waals surface area contributed by atoms with E-state index in [4.69, 9.17) is 0 Å². The first-order valence-electron chi connectivity index (χ1n) is 6.77. The zero-order chi connectivity index (χ0) is 15.5. The Morgan fingerprint density at radius 2 is 1.90 bits per heavy atom. The van der Waals surface area contributed by atoms with Gasteiger partial charge in [0.15, 0.2) is 0 Å². The largest absolute Gasteiger partial charge is 0.416 e. The molecule has 1 atom stereocenters. The molecule has 1 unspecified atom stereocenters. The van der Waals surface area contributed by atoms with Crippen LogP contribution in [0.15, 0.2) is 36.7 Å². The van der Waals surface area contributed by atoms with Crippen molar-refractivity contribution in [1.82, 2.24) is 9.55 Å². The van der Waals surface area contributed by atoms with E-state index in [2.05, 4.69) is 4.98 Å². The van der Waals surface area contributed by atoms with Crippen molar-refractivity contribution in [3.8, 4) is 0 Å². The van der Waals surface area contributed by atoms with Gasteiger partial charge in [0.2, 0.25) is 0 Å². The molecule has 0 saturated heterocycles. The van der Waals surface area contributed by atoms with Crippen molar-refractivity contribution < 1.29 is 18.3 Å². The number of rotatable bonds is 5. The highest BCUT2D eigenvalue weighted by atomic mass is 19.4. The molecule has 0 spiro atoms. The van der Waals surface area contributed by atoms with Gasteiger partial charge in [-0.3, -0.25) is 0 Å². The number of imidazole rings is 1. The lowest BCUT2D eigenvalue weighted by Gasteiger charge is -2.15. The second-order valence-electron chi connectivity index (χ2n) is 4.88. The highest BCUT2D eigenvalue weighted by molar-refractivity contribution is 5.26. The first-order chi connectivity index (χ1) is 9.91. The van der Waals surface area contributed by atoms with Gasteiger partial charge in [-0.2, -0.15) is 13.2 Å². The second-order valence-corrected chi connectivity index (χ2v) is 4.88. The predicted molar refractivity (Wildman–Crippen MR) is 72.6 cm³/mol. The third-order valence-electron chi connectivity index (χ3n) is 3.27. The van der Waals surface area contributed by atoms with Crippen LogP contribution in [0.2, 0.25) is 0 Å². The zero-order valence-corrected chi connectivity index (χ0v) is 11.6. The van der Waals surface area contributed by atoms with Crippen molar-refractivity contribution in [1.29, 1.82) is 0 Å². The molecule has 3 nitrogen and oxygen atoms in total. The van der Waals surface area contributed by atoms with E-state index in [0.29, 0.717) is 5.56 Å². The molecule has 2 rings (SSSR count). The van der Waals surface area contributed by atoms with Gasteiger partial charge in [0.1, 0.15) is 5.82 Å². The maximum Gasteiger partial charge on any atom is 0.416 e. The van der Waals surface area contributed by atoms with Crippen LogP contribution in [0.25, 0.3) is 0 Å². The molecular formula is C15H17F3N2O. The van der Waals surface area contributed by atoms with Crippen LogP contribution in [0.1, 0.15) is 36.4 Å². The molecule has 0 saturated carbocycles. The molecule has 0 aliphatic rings. The van der Waals surface area contributed by atoms with Gasteiger partial charge in [-0.05, 0) is 24.1 Å². The van der Waals surface area contributed by atoms with Gasteiger partial charge in [0.25, 0.3) is 0 Å². The summed E-state index contributed by atoms with van der Waals surface area (Å²) in [5, 5.41) is 10.1. The minimum absolute atomic E-state index is 0.278. The first-order valence-corrected chi connectivity index (χ1v) is 6.77. The van der Waals surface area contributed by atoms with E-state index in [1.54, 1.807) is 12.4 Å². The van der Waals surface area contributed by atoms with Gasteiger partial charge in [-0.15, -0.1) is 0 Å². The lowest BCUT2D eigenvalue weighted by molar-refractivity contribution is -0.137. The molecule has 21 heavy (non-hydrogen) atoms. The lowest BCUT2D eigenvalue weighted by atomic mass is 10.1. The van der Waals surface area contributed by atoms with Gasteiger partial charge in [-0.25, -0.2) is 4.98 Å². The maximum atomic E-state index is 12.5. The summed E-state index contributed by atoms with van der Waals surface area (Å²) in [6, 6.07) is 4.59. The van der Waals surface area contributed by atoms with Crippen LogP contribution in [0, 0.1) is 0 Å². The van der Waals surface area contributed by atoms with Gasteiger partial charge < -0.3 is 9.67 Å². The zero-order valence-electron chi connectivity index (χ0n) is 11.6. The standard InChI is InChI=1S/C15H17F3N2O/c1-2-3-14-19-8-9-20(14)10-13(21)11-4-6-12(7-5-11)15(16,17)18/h4-9,13,21H,2-3,10H2,1H3. The summed E-state index contributed by atoms with van der Waals surface area (Å²) in [5.74, 6) is 0.864. The number of aliphatic hydroxyl groups excluding tert-OH is 1. The van der Waals surface area contributed by atoms with Gasteiger partial charge in [-0.1, -0.05) is 19.1 Å². The van der Waals surface area contributed by atoms with Crippen molar-refractivity contribution in [2.75, 3.05) is 0 Å². The second kappa shape index (κ2) is 6.30. The fourth-order valence-electron chi connectivity index (χ4n) is 2.14. The summed E-state index contributed by atoms with van der Waals surface area (Å²) in [4.78, 5) is 4.20. The van der Waals surface area contributed by atoms with Crippen LogP contribution >= 0.6 is 0 Å². The number of hydrogen-bond acceptors (Lipinski definition) is 2. The number of alkyl halides is 3. The van der Waals surface area contributed by atoms with Crippen LogP contribution < -0.4 is 0 Å². The minimum Gasteiger partial charge on any atom is -0.387 e. The number of aryl methyl sites for hydroxylation is 1. The molecular weight excluding hydrogens is 281 g/mol. The number of aromatic nitrogens is 2. The summed E-state index contributed by atoms with van der Waals surface area (Å²) >= 11 is 0. The Kier molecular flexibility index (Phi) is 4.67. The van der Waals surface area contributed by atoms with Crippen LogP contribution in [0.3, 0.4) is 0 Å². The quantitative estimate of drug-likeness (QED) is 0.916. The number of aliphatic hydroxyl groups is 1. The van der Waals surface area contributed by atoms with Crippen molar-refractivity contribution in [3.05, 3.63) is 53.6 Å². The SMILES string of the molecule is CCCc1nccn1CC(O)c1ccc(C(F)(F)F)cc1. The normalized spacial score (nSPS) is 13.4. The molecule has 114 valence electrons. The smallest absolute Gasteiger partial charge is 0.387 e. The highest BCUT2D eigenvalue weighted by Crippen LogP contribution is 2.30. The van der Waals surface area contributed by atoms with Crippen molar-refractivity contribution in [2.24, 2.45) is 0 Å². The molecule has 0 radical (unpaired) electrons. The van der Waals surface area contributed by atoms with Crippen LogP contribution in [0.4, 0.5) is 13.2 Å². The van der Waals surface area contributed by atoms with Crippen molar-refractivity contribution in [3.63, 3.8) is 0 Å². The van der Waals surface area contributed by atoms with Gasteiger partial charge >= 0.3 is 6.18 Å². The number of hydrogen-bond donors (Lipinski definition) is 1. The van der Waals surface area contributed by atoms with E-state index >= 15 is 0 Å². The molecule has 1 N–H and O–H groups in total. The number of nitrogens with zero attached hydrogens (tertiary/aromatic N) is 2. The van der Waals surface area contributed by atoms with E-state index in [1.807, 2.05) is 11.5 Å². The molecule has 0 fully saturated rings. The fraction of sp³-hybridized carbons (Fsp3) is 0.400. The van der Waals surface area contributed by atoms with E-state index < -0.39 is 17.8 Å². The third-order valence-corrected chi connectivity index (χ3v) is 3.27. The molecule has 1 aromatic carbocycles. The highest BCUT2D eigenvalue weighted by Gasteiger charge is 2.30. The summed E-state index contributed by atoms with van der Waals surface area (Å²) in [6.45, 7) is 2.31. The average molecular weight is 298 g/mol. The molecule has 6 heteroatoms. The summed E-state index contributed by atoms with van der Waals surface area (Å²) in [7, 11) is 0. The number of halogens is 3. The monoisotopic (exact) mass is 298 g/mol. The van der Waals surface area contributed by atoms with Crippen LogP contribution in [-0.2, 0) is 19.1 Å². The van der Waals surface area contributed by atoms with E-state index in [-0.39, 0.29) is 6.54 Å². The fourth-order valence-corrected chi connectivity index (χ4v) is 2.14. The Bertz CT molecular complexity index is 575. The molecule has 0 aliphatic heterocycles. The molecule has 0 amide bonds. The Morgan fingerprint density at radius 1 is 1.24 bits per heavy atom. The molecule has 1 heterocycles. The van der Waals surface area contributed by atoms with Gasteiger partial charge in [0, 0.05) is 18.8 Å². The van der Waals surface area contributed by atoms with E-state index in [9.17, 15) is 18.3 Å². The lowest BCUT2D eigenvalue weighted by Crippen LogP contribution is -2.11. The summed E-state index contributed by atoms with van der Waals surface area (Å²) in [5.41, 5.74) is -0.257. The molecule has 2 aromatic rings. The maximum absolute atomic E-state index is 12.5. The third kappa shape index (κ3) is 3.85. The Balaban J connectivity index is 2.09. The minimum atomic E-state index is -4.36. The van der Waals surface area contributed by atoms with E-state index in [1.165, 1.54) is 12.1 Å². The molecule has 0 aliphatic carbocycles. The van der Waals surface area contributed by atoms with E-state index in [0.717, 1.165) is 30.8 Å². The summed E-state index contributed by atoms with van der Waals surface area (Å²) < 4.78 is 39.3. The average Bonchev–Trinajstić information content (AvgIpc) is 2.86. The Labute approximate surface area is 121 Å². The van der Waals surface area contributed by atoms with Crippen LogP contribution in [-0.4, -0.2) is 14.7 Å². The molecule has 1 aromatic heterocycles. The summed E-state index contributed by atoms with van der Waals surface area (Å²) in [6.07, 6.45) is -0.0672.